The van der Waals surface area contributed by atoms with Crippen LogP contribution in [0.4, 0.5) is 0 Å². The Kier molecular flexibility index (Phi) is 52.3. The van der Waals surface area contributed by atoms with E-state index >= 15 is 0 Å². The third-order valence-electron chi connectivity index (χ3n) is 15.9. The number of hydrogen-bond acceptors (Lipinski definition) is 10. The van der Waals surface area contributed by atoms with Crippen LogP contribution in [0.5, 0.6) is 0 Å². The number of carbonyl (C=O) groups excluding carboxylic acids is 1. The Morgan fingerprint density at radius 3 is 1.16 bits per heavy atom. The predicted molar refractivity (Wildman–Crippen MR) is 321 cm³/mol. The number of amides is 1. The van der Waals surface area contributed by atoms with Crippen molar-refractivity contribution in [3.8, 4) is 0 Å². The van der Waals surface area contributed by atoms with Gasteiger partial charge in [-0.1, -0.05) is 269 Å². The third kappa shape index (κ3) is 42.8. The molecule has 454 valence electrons. The van der Waals surface area contributed by atoms with Crippen molar-refractivity contribution in [1.29, 1.82) is 0 Å². The van der Waals surface area contributed by atoms with Gasteiger partial charge in [-0.15, -0.1) is 0 Å². The molecule has 77 heavy (non-hydrogen) atoms. The lowest BCUT2D eigenvalue weighted by atomic mass is 9.98. The topological polar surface area (TPSA) is 189 Å². The van der Waals surface area contributed by atoms with E-state index in [0.717, 1.165) is 38.5 Å². The molecular weight excluding hydrogens is 967 g/mol. The van der Waals surface area contributed by atoms with Crippen molar-refractivity contribution in [2.45, 2.75) is 364 Å². The van der Waals surface area contributed by atoms with Crippen LogP contribution >= 0.6 is 0 Å². The van der Waals surface area contributed by atoms with E-state index in [1.807, 2.05) is 0 Å². The molecule has 0 aromatic rings. The average molecular weight is 1090 g/mol. The van der Waals surface area contributed by atoms with Gasteiger partial charge in [0.25, 0.3) is 0 Å². The molecule has 1 amide bonds. The summed E-state index contributed by atoms with van der Waals surface area (Å²) >= 11 is 0. The first-order valence-corrected chi connectivity index (χ1v) is 32.9. The fraction of sp³-hybridized carbons (Fsp3) is 0.894. The van der Waals surface area contributed by atoms with Crippen LogP contribution in [0.25, 0.3) is 0 Å². The van der Waals surface area contributed by atoms with E-state index in [-0.39, 0.29) is 12.8 Å². The summed E-state index contributed by atoms with van der Waals surface area (Å²) < 4.78 is 11.2. The van der Waals surface area contributed by atoms with Crippen LogP contribution in [0.2, 0.25) is 0 Å². The maximum atomic E-state index is 13.2. The highest BCUT2D eigenvalue weighted by Gasteiger charge is 2.44. The Morgan fingerprint density at radius 1 is 0.442 bits per heavy atom. The molecule has 0 aliphatic carbocycles. The van der Waals surface area contributed by atoms with Crippen LogP contribution in [0.3, 0.4) is 0 Å². The molecule has 9 unspecified atom stereocenters. The van der Waals surface area contributed by atoms with E-state index in [1.54, 1.807) is 0 Å². The average Bonchev–Trinajstić information content (AvgIpc) is 3.43. The van der Waals surface area contributed by atoms with Gasteiger partial charge in [0.05, 0.1) is 25.4 Å². The molecule has 0 radical (unpaired) electrons. The molecule has 0 aromatic heterocycles. The zero-order valence-electron chi connectivity index (χ0n) is 50.0. The molecular formula is C66H125NO10. The monoisotopic (exact) mass is 1090 g/mol. The molecule has 0 spiro atoms. The quantitative estimate of drug-likeness (QED) is 0.0215. The van der Waals surface area contributed by atoms with Gasteiger partial charge in [-0.25, -0.2) is 0 Å². The van der Waals surface area contributed by atoms with Gasteiger partial charge in [0.2, 0.25) is 5.91 Å². The highest BCUT2D eigenvalue weighted by atomic mass is 16.7. The summed E-state index contributed by atoms with van der Waals surface area (Å²) in [6, 6.07) is -1.19. The van der Waals surface area contributed by atoms with E-state index in [2.05, 4.69) is 55.6 Å². The van der Waals surface area contributed by atoms with Crippen LogP contribution in [0.1, 0.15) is 309 Å². The first-order chi connectivity index (χ1) is 37.7. The minimum Gasteiger partial charge on any atom is -0.394 e. The second-order valence-electron chi connectivity index (χ2n) is 23.2. The summed E-state index contributed by atoms with van der Waals surface area (Å²) in [4.78, 5) is 13.2. The molecule has 1 fully saturated rings. The number of aliphatic hydroxyl groups excluding tert-OH is 7. The maximum Gasteiger partial charge on any atom is 0.249 e. The first kappa shape index (κ1) is 73.3. The smallest absolute Gasteiger partial charge is 0.249 e. The summed E-state index contributed by atoms with van der Waals surface area (Å²) in [5.74, 6) is -0.707. The van der Waals surface area contributed by atoms with Gasteiger partial charge in [0, 0.05) is 0 Å². The second kappa shape index (κ2) is 54.9. The molecule has 0 saturated carbocycles. The molecule has 1 saturated heterocycles. The van der Waals surface area contributed by atoms with Crippen molar-refractivity contribution >= 4 is 5.91 Å². The van der Waals surface area contributed by atoms with Gasteiger partial charge >= 0.3 is 0 Å². The number of allylic oxidation sites excluding steroid dienone is 6. The summed E-state index contributed by atoms with van der Waals surface area (Å²) in [5.41, 5.74) is 0. The van der Waals surface area contributed by atoms with E-state index in [0.29, 0.717) is 19.3 Å². The number of unbranched alkanes of at least 4 members (excludes halogenated alkanes) is 39. The number of nitrogens with one attached hydrogen (secondary N) is 1. The van der Waals surface area contributed by atoms with Crippen molar-refractivity contribution in [3.05, 3.63) is 36.5 Å². The minimum absolute atomic E-state index is 0.247. The van der Waals surface area contributed by atoms with Crippen LogP contribution in [0.15, 0.2) is 36.5 Å². The van der Waals surface area contributed by atoms with Gasteiger partial charge in [-0.05, 0) is 77.0 Å². The normalized spacial score (nSPS) is 19.7. The molecule has 8 N–H and O–H groups in total. The Labute approximate surface area is 473 Å². The molecule has 1 rings (SSSR count). The van der Waals surface area contributed by atoms with Gasteiger partial charge in [-0.3, -0.25) is 4.79 Å². The number of hydrogen-bond donors (Lipinski definition) is 8. The number of aliphatic hydroxyl groups is 7. The fourth-order valence-electron chi connectivity index (χ4n) is 10.6. The maximum absolute atomic E-state index is 13.2. The first-order valence-electron chi connectivity index (χ1n) is 32.9. The van der Waals surface area contributed by atoms with Crippen LogP contribution < -0.4 is 5.32 Å². The standard InChI is InChI=1S/C66H125NO10/c1-3-5-7-9-11-13-15-17-19-21-23-25-27-28-29-30-32-34-36-38-40-42-44-46-48-50-52-54-59(70)65(75)67-57(56-76-66-64(74)63(73)62(72)60(55-68)77-66)61(71)58(69)53-51-49-47-45-43-41-39-37-35-33-31-26-24-22-20-18-16-14-12-10-8-6-4-2/h28-29,37,39,45,47,57-64,66,68-74H,3-27,30-36,38,40-44,46,48-56H2,1-2H3,(H,67,75)/b29-28-,39-37+,47-45+. The molecule has 11 heteroatoms. The highest BCUT2D eigenvalue weighted by Crippen LogP contribution is 2.24. The SMILES string of the molecule is CCCCCCCCCCCCCC/C=C\CCCCCCCCCCCCCC(O)C(=O)NC(COC1OC(CO)C(O)C(O)C1O)C(O)C(O)CCC/C=C/CC/C=C/CCCCCCCCCCCCCCCC. The summed E-state index contributed by atoms with van der Waals surface area (Å²) in [6.45, 7) is 3.48. The zero-order chi connectivity index (χ0) is 56.1. The van der Waals surface area contributed by atoms with Crippen molar-refractivity contribution in [3.63, 3.8) is 0 Å². The van der Waals surface area contributed by atoms with E-state index in [4.69, 9.17) is 9.47 Å². The lowest BCUT2D eigenvalue weighted by molar-refractivity contribution is -0.303. The Morgan fingerprint density at radius 2 is 0.779 bits per heavy atom. The van der Waals surface area contributed by atoms with Crippen LogP contribution in [0, 0.1) is 0 Å². The highest BCUT2D eigenvalue weighted by molar-refractivity contribution is 5.80. The van der Waals surface area contributed by atoms with Gasteiger partial charge in [0.1, 0.15) is 36.6 Å². The molecule has 1 heterocycles. The van der Waals surface area contributed by atoms with Crippen LogP contribution in [-0.2, 0) is 14.3 Å². The molecule has 1 aliphatic heterocycles. The lowest BCUT2D eigenvalue weighted by Crippen LogP contribution is -2.60. The third-order valence-corrected chi connectivity index (χ3v) is 15.9. The number of rotatable bonds is 57. The van der Waals surface area contributed by atoms with Crippen molar-refractivity contribution in [2.24, 2.45) is 0 Å². The van der Waals surface area contributed by atoms with Gasteiger partial charge < -0.3 is 50.5 Å². The Bertz CT molecular complexity index is 1350. The zero-order valence-corrected chi connectivity index (χ0v) is 50.0. The summed E-state index contributed by atoms with van der Waals surface area (Å²) in [7, 11) is 0. The molecule has 1 aliphatic rings. The predicted octanol–water partition coefficient (Wildman–Crippen LogP) is 15.0. The van der Waals surface area contributed by atoms with Gasteiger partial charge in [-0.2, -0.15) is 0 Å². The van der Waals surface area contributed by atoms with Crippen molar-refractivity contribution < 1.29 is 50.0 Å². The van der Waals surface area contributed by atoms with Crippen LogP contribution in [-0.4, -0.2) is 110 Å². The lowest BCUT2D eigenvalue weighted by Gasteiger charge is -2.40. The van der Waals surface area contributed by atoms with Crippen molar-refractivity contribution in [2.75, 3.05) is 13.2 Å². The van der Waals surface area contributed by atoms with Gasteiger partial charge in [0.15, 0.2) is 6.29 Å². The molecule has 0 aromatic carbocycles. The fourth-order valence-corrected chi connectivity index (χ4v) is 10.6. The Balaban J connectivity index is 2.27. The van der Waals surface area contributed by atoms with E-state index in [9.17, 15) is 40.5 Å². The van der Waals surface area contributed by atoms with E-state index < -0.39 is 74.2 Å². The van der Waals surface area contributed by atoms with Crippen molar-refractivity contribution in [1.82, 2.24) is 5.32 Å². The summed E-state index contributed by atoms with van der Waals surface area (Å²) in [5, 5.41) is 76.3. The summed E-state index contributed by atoms with van der Waals surface area (Å²) in [6.07, 6.45) is 57.9. The molecule has 9 atom stereocenters. The van der Waals surface area contributed by atoms with E-state index in [1.165, 1.54) is 225 Å². The number of ether oxygens (including phenoxy) is 2. The Hall–Kier alpha value is -1.67. The number of carbonyl (C=O) groups is 1. The minimum atomic E-state index is -1.67. The molecule has 11 nitrogen and oxygen atoms in total. The molecule has 0 bridgehead atoms. The largest absolute Gasteiger partial charge is 0.394 e. The second-order valence-corrected chi connectivity index (χ2v) is 23.2.